The molecule has 1 aliphatic heterocycles. The maximum absolute atomic E-state index is 13.0. The molecule has 0 fully saturated rings. The van der Waals surface area contributed by atoms with Gasteiger partial charge in [-0.1, -0.05) is 24.3 Å². The smallest absolute Gasteiger partial charge is 0.245 e. The Balaban J connectivity index is 1.99. The number of sulfonamides is 1. The molecule has 6 heteroatoms. The quantitative estimate of drug-likeness (QED) is 0.862. The number of hydrogen-bond donors (Lipinski definition) is 1. The second kappa shape index (κ2) is 4.57. The zero-order valence-electron chi connectivity index (χ0n) is 10.6. The highest BCUT2D eigenvalue weighted by Crippen LogP contribution is 2.30. The Morgan fingerprint density at radius 1 is 1.05 bits per heavy atom. The maximum Gasteiger partial charge on any atom is 0.245 e. The Hall–Kier alpha value is -1.92. The van der Waals surface area contributed by atoms with Gasteiger partial charge in [0.05, 0.1) is 5.69 Å². The van der Waals surface area contributed by atoms with Crippen LogP contribution in [0.1, 0.15) is 11.1 Å². The SMILES string of the molecule is Nc1cc(F)ccc1S(=O)(=O)N1Cc2ccccc2C1. The molecule has 0 aliphatic carbocycles. The first kappa shape index (κ1) is 13.1. The van der Waals surface area contributed by atoms with Crippen LogP contribution in [0.25, 0.3) is 0 Å². The van der Waals surface area contributed by atoms with Crippen molar-refractivity contribution in [2.75, 3.05) is 5.73 Å². The van der Waals surface area contributed by atoms with Crippen LogP contribution < -0.4 is 5.73 Å². The van der Waals surface area contributed by atoms with Crippen LogP contribution in [-0.2, 0) is 23.1 Å². The molecule has 1 heterocycles. The van der Waals surface area contributed by atoms with Gasteiger partial charge in [0.25, 0.3) is 0 Å². The zero-order valence-corrected chi connectivity index (χ0v) is 11.4. The molecule has 1 aliphatic rings. The summed E-state index contributed by atoms with van der Waals surface area (Å²) in [5, 5.41) is 0. The van der Waals surface area contributed by atoms with E-state index in [1.165, 1.54) is 10.4 Å². The summed E-state index contributed by atoms with van der Waals surface area (Å²) in [6.45, 7) is 0.630. The predicted octanol–water partition coefficient (Wildman–Crippen LogP) is 2.11. The fourth-order valence-electron chi connectivity index (χ4n) is 2.37. The summed E-state index contributed by atoms with van der Waals surface area (Å²) in [6, 6.07) is 10.9. The number of nitrogen functional groups attached to an aromatic ring is 1. The van der Waals surface area contributed by atoms with E-state index in [1.54, 1.807) is 0 Å². The molecule has 2 aromatic carbocycles. The van der Waals surface area contributed by atoms with Gasteiger partial charge in [0.2, 0.25) is 10.0 Å². The summed E-state index contributed by atoms with van der Waals surface area (Å²) < 4.78 is 39.5. The van der Waals surface area contributed by atoms with Gasteiger partial charge in [0, 0.05) is 13.1 Å². The minimum absolute atomic E-state index is 0.0493. The van der Waals surface area contributed by atoms with Gasteiger partial charge in [-0.05, 0) is 29.3 Å². The van der Waals surface area contributed by atoms with E-state index in [0.29, 0.717) is 13.1 Å². The van der Waals surface area contributed by atoms with Crippen LogP contribution in [0.2, 0.25) is 0 Å². The van der Waals surface area contributed by atoms with Gasteiger partial charge in [-0.25, -0.2) is 12.8 Å². The third-order valence-corrected chi connectivity index (χ3v) is 5.27. The summed E-state index contributed by atoms with van der Waals surface area (Å²) in [4.78, 5) is -0.0493. The number of nitrogens with two attached hydrogens (primary N) is 1. The lowest BCUT2D eigenvalue weighted by molar-refractivity contribution is 0.432. The van der Waals surface area contributed by atoms with Crippen molar-refractivity contribution in [1.82, 2.24) is 4.31 Å². The lowest BCUT2D eigenvalue weighted by Gasteiger charge is -2.17. The van der Waals surface area contributed by atoms with E-state index in [2.05, 4.69) is 0 Å². The van der Waals surface area contributed by atoms with E-state index in [4.69, 9.17) is 5.73 Å². The van der Waals surface area contributed by atoms with Crippen molar-refractivity contribution in [2.24, 2.45) is 0 Å². The lowest BCUT2D eigenvalue weighted by atomic mass is 10.1. The topological polar surface area (TPSA) is 63.4 Å². The highest BCUT2D eigenvalue weighted by molar-refractivity contribution is 7.89. The zero-order chi connectivity index (χ0) is 14.3. The minimum atomic E-state index is -3.71. The number of nitrogens with zero attached hydrogens (tertiary/aromatic N) is 1. The Morgan fingerprint density at radius 3 is 2.20 bits per heavy atom. The van der Waals surface area contributed by atoms with Gasteiger partial charge in [-0.3, -0.25) is 0 Å². The third kappa shape index (κ3) is 2.07. The van der Waals surface area contributed by atoms with Crippen molar-refractivity contribution in [3.63, 3.8) is 0 Å². The fraction of sp³-hybridized carbons (Fsp3) is 0.143. The van der Waals surface area contributed by atoms with Gasteiger partial charge in [0.1, 0.15) is 10.7 Å². The van der Waals surface area contributed by atoms with Crippen molar-refractivity contribution in [3.05, 3.63) is 59.4 Å². The van der Waals surface area contributed by atoms with Gasteiger partial charge < -0.3 is 5.73 Å². The average Bonchev–Trinajstić information content (AvgIpc) is 2.82. The molecule has 0 bridgehead atoms. The van der Waals surface area contributed by atoms with Crippen molar-refractivity contribution >= 4 is 15.7 Å². The average molecular weight is 292 g/mol. The Bertz CT molecular complexity index is 749. The van der Waals surface area contributed by atoms with Gasteiger partial charge in [-0.2, -0.15) is 4.31 Å². The Kier molecular flexibility index (Phi) is 2.99. The second-order valence-electron chi connectivity index (χ2n) is 4.72. The fourth-order valence-corrected chi connectivity index (χ4v) is 3.86. The van der Waals surface area contributed by atoms with Crippen LogP contribution >= 0.6 is 0 Å². The number of hydrogen-bond acceptors (Lipinski definition) is 3. The first-order valence-corrected chi connectivity index (χ1v) is 7.54. The van der Waals surface area contributed by atoms with Crippen LogP contribution in [0, 0.1) is 5.82 Å². The van der Waals surface area contributed by atoms with Crippen LogP contribution in [0.3, 0.4) is 0 Å². The lowest BCUT2D eigenvalue weighted by Crippen LogP contribution is -2.26. The molecule has 0 aromatic heterocycles. The van der Waals surface area contributed by atoms with E-state index in [0.717, 1.165) is 23.3 Å². The minimum Gasteiger partial charge on any atom is -0.398 e. The first-order valence-electron chi connectivity index (χ1n) is 6.10. The molecule has 2 aromatic rings. The normalized spacial score (nSPS) is 15.2. The second-order valence-corrected chi connectivity index (χ2v) is 6.63. The van der Waals surface area contributed by atoms with Crippen molar-refractivity contribution in [3.8, 4) is 0 Å². The molecular formula is C14H13FN2O2S. The molecule has 0 radical (unpaired) electrons. The molecule has 2 N–H and O–H groups in total. The molecule has 20 heavy (non-hydrogen) atoms. The number of halogens is 1. The first-order chi connectivity index (χ1) is 9.48. The van der Waals surface area contributed by atoms with Crippen molar-refractivity contribution < 1.29 is 12.8 Å². The summed E-state index contributed by atoms with van der Waals surface area (Å²) >= 11 is 0. The standard InChI is InChI=1S/C14H13FN2O2S/c15-12-5-6-14(13(16)7-12)20(18,19)17-8-10-3-1-2-4-11(10)9-17/h1-7H,8-9,16H2. The summed E-state index contributed by atoms with van der Waals surface area (Å²) in [6.07, 6.45) is 0. The molecule has 4 nitrogen and oxygen atoms in total. The molecule has 0 saturated carbocycles. The van der Waals surface area contributed by atoms with Crippen molar-refractivity contribution in [2.45, 2.75) is 18.0 Å². The number of fused-ring (bicyclic) bond motifs is 1. The number of benzene rings is 2. The molecule has 3 rings (SSSR count). The summed E-state index contributed by atoms with van der Waals surface area (Å²) in [5.74, 6) is -0.550. The summed E-state index contributed by atoms with van der Waals surface area (Å²) in [7, 11) is -3.71. The van der Waals surface area contributed by atoms with Crippen molar-refractivity contribution in [1.29, 1.82) is 0 Å². The van der Waals surface area contributed by atoms with E-state index >= 15 is 0 Å². The van der Waals surface area contributed by atoms with Gasteiger partial charge in [-0.15, -0.1) is 0 Å². The monoisotopic (exact) mass is 292 g/mol. The van der Waals surface area contributed by atoms with E-state index < -0.39 is 15.8 Å². The molecule has 0 spiro atoms. The maximum atomic E-state index is 13.0. The van der Waals surface area contributed by atoms with Crippen LogP contribution in [0.5, 0.6) is 0 Å². The number of anilines is 1. The highest BCUT2D eigenvalue weighted by atomic mass is 32.2. The molecule has 0 saturated heterocycles. The largest absolute Gasteiger partial charge is 0.398 e. The Labute approximate surface area is 116 Å². The predicted molar refractivity (Wildman–Crippen MR) is 73.7 cm³/mol. The molecule has 104 valence electrons. The van der Waals surface area contributed by atoms with E-state index in [-0.39, 0.29) is 10.6 Å². The van der Waals surface area contributed by atoms with E-state index in [9.17, 15) is 12.8 Å². The van der Waals surface area contributed by atoms with Crippen LogP contribution in [-0.4, -0.2) is 12.7 Å². The highest BCUT2D eigenvalue weighted by Gasteiger charge is 2.31. The molecule has 0 atom stereocenters. The van der Waals surface area contributed by atoms with Gasteiger partial charge in [0.15, 0.2) is 0 Å². The molecule has 0 amide bonds. The van der Waals surface area contributed by atoms with E-state index in [1.807, 2.05) is 24.3 Å². The Morgan fingerprint density at radius 2 is 1.65 bits per heavy atom. The number of rotatable bonds is 2. The van der Waals surface area contributed by atoms with Crippen LogP contribution in [0.4, 0.5) is 10.1 Å². The molecular weight excluding hydrogens is 279 g/mol. The third-order valence-electron chi connectivity index (χ3n) is 3.40. The molecule has 0 unspecified atom stereocenters. The van der Waals surface area contributed by atoms with Gasteiger partial charge >= 0.3 is 0 Å². The van der Waals surface area contributed by atoms with Crippen LogP contribution in [0.15, 0.2) is 47.4 Å². The summed E-state index contributed by atoms with van der Waals surface area (Å²) in [5.41, 5.74) is 7.53.